The van der Waals surface area contributed by atoms with Crippen molar-refractivity contribution in [2.75, 3.05) is 0 Å². The SMILES string of the molecule is O=[N+]([O-])c1ccc2c(cnn2-c2ccccc2Cl)c1. The molecule has 5 nitrogen and oxygen atoms in total. The zero-order valence-corrected chi connectivity index (χ0v) is 10.4. The third-order valence-corrected chi connectivity index (χ3v) is 3.16. The lowest BCUT2D eigenvalue weighted by molar-refractivity contribution is -0.384. The third-order valence-electron chi connectivity index (χ3n) is 2.84. The molecule has 0 bridgehead atoms. The van der Waals surface area contributed by atoms with Gasteiger partial charge in [0.25, 0.3) is 5.69 Å². The van der Waals surface area contributed by atoms with Gasteiger partial charge in [-0.25, -0.2) is 4.68 Å². The molecule has 0 amide bonds. The second-order valence-corrected chi connectivity index (χ2v) is 4.42. The molecular formula is C13H8ClN3O2. The van der Waals surface area contributed by atoms with Gasteiger partial charge in [0.1, 0.15) is 0 Å². The smallest absolute Gasteiger partial charge is 0.258 e. The molecule has 94 valence electrons. The quantitative estimate of drug-likeness (QED) is 0.529. The van der Waals surface area contributed by atoms with E-state index in [1.165, 1.54) is 12.1 Å². The maximum atomic E-state index is 10.7. The summed E-state index contributed by atoms with van der Waals surface area (Å²) in [6.45, 7) is 0. The van der Waals surface area contributed by atoms with Crippen molar-refractivity contribution in [2.24, 2.45) is 0 Å². The summed E-state index contributed by atoms with van der Waals surface area (Å²) >= 11 is 6.13. The molecule has 0 atom stereocenters. The predicted octanol–water partition coefficient (Wildman–Crippen LogP) is 3.59. The van der Waals surface area contributed by atoms with E-state index >= 15 is 0 Å². The zero-order chi connectivity index (χ0) is 13.4. The Morgan fingerprint density at radius 3 is 2.74 bits per heavy atom. The van der Waals surface area contributed by atoms with Crippen LogP contribution in [-0.4, -0.2) is 14.7 Å². The number of para-hydroxylation sites is 1. The first-order chi connectivity index (χ1) is 9.16. The Balaban J connectivity index is 2.22. The maximum Gasteiger partial charge on any atom is 0.270 e. The van der Waals surface area contributed by atoms with E-state index in [1.54, 1.807) is 23.0 Å². The minimum absolute atomic E-state index is 0.0474. The average molecular weight is 274 g/mol. The lowest BCUT2D eigenvalue weighted by Crippen LogP contribution is -1.96. The van der Waals surface area contributed by atoms with Crippen LogP contribution in [0.2, 0.25) is 5.02 Å². The number of non-ortho nitro benzene ring substituents is 1. The van der Waals surface area contributed by atoms with E-state index in [-0.39, 0.29) is 5.69 Å². The average Bonchev–Trinajstić information content (AvgIpc) is 2.82. The summed E-state index contributed by atoms with van der Waals surface area (Å²) in [4.78, 5) is 10.3. The number of rotatable bonds is 2. The van der Waals surface area contributed by atoms with Crippen LogP contribution in [0.4, 0.5) is 5.69 Å². The van der Waals surface area contributed by atoms with Crippen LogP contribution in [0, 0.1) is 10.1 Å². The Hall–Kier alpha value is -2.40. The van der Waals surface area contributed by atoms with Crippen LogP contribution >= 0.6 is 11.6 Å². The first-order valence-electron chi connectivity index (χ1n) is 5.54. The van der Waals surface area contributed by atoms with Crippen molar-refractivity contribution in [1.82, 2.24) is 9.78 Å². The molecule has 0 spiro atoms. The fourth-order valence-electron chi connectivity index (χ4n) is 1.95. The van der Waals surface area contributed by atoms with Gasteiger partial charge in [-0.05, 0) is 18.2 Å². The van der Waals surface area contributed by atoms with Crippen LogP contribution in [0.3, 0.4) is 0 Å². The van der Waals surface area contributed by atoms with E-state index in [2.05, 4.69) is 5.10 Å². The predicted molar refractivity (Wildman–Crippen MR) is 72.7 cm³/mol. The number of hydrogen-bond donors (Lipinski definition) is 0. The van der Waals surface area contributed by atoms with E-state index in [9.17, 15) is 10.1 Å². The summed E-state index contributed by atoms with van der Waals surface area (Å²) in [5.74, 6) is 0. The molecule has 0 aliphatic heterocycles. The molecule has 0 fully saturated rings. The van der Waals surface area contributed by atoms with E-state index in [0.717, 1.165) is 11.2 Å². The van der Waals surface area contributed by atoms with Crippen LogP contribution in [0.15, 0.2) is 48.7 Å². The lowest BCUT2D eigenvalue weighted by Gasteiger charge is -2.05. The van der Waals surface area contributed by atoms with Gasteiger partial charge in [-0.1, -0.05) is 23.7 Å². The normalized spacial score (nSPS) is 10.8. The van der Waals surface area contributed by atoms with Crippen LogP contribution in [0.5, 0.6) is 0 Å². The van der Waals surface area contributed by atoms with Crippen LogP contribution in [-0.2, 0) is 0 Å². The summed E-state index contributed by atoms with van der Waals surface area (Å²) in [6.07, 6.45) is 1.59. The van der Waals surface area contributed by atoms with Gasteiger partial charge in [0.05, 0.1) is 27.3 Å². The van der Waals surface area contributed by atoms with E-state index in [1.807, 2.05) is 18.2 Å². The maximum absolute atomic E-state index is 10.7. The molecule has 2 aromatic carbocycles. The van der Waals surface area contributed by atoms with Gasteiger partial charge >= 0.3 is 0 Å². The van der Waals surface area contributed by atoms with Crippen molar-refractivity contribution in [3.63, 3.8) is 0 Å². The molecular weight excluding hydrogens is 266 g/mol. The molecule has 0 aliphatic carbocycles. The molecule has 0 aliphatic rings. The Morgan fingerprint density at radius 1 is 1.21 bits per heavy atom. The van der Waals surface area contributed by atoms with E-state index in [0.29, 0.717) is 10.4 Å². The van der Waals surface area contributed by atoms with Gasteiger partial charge in [-0.2, -0.15) is 5.10 Å². The van der Waals surface area contributed by atoms with Crippen molar-refractivity contribution >= 4 is 28.2 Å². The highest BCUT2D eigenvalue weighted by Crippen LogP contribution is 2.26. The number of nitro groups is 1. The molecule has 3 rings (SSSR count). The molecule has 1 aromatic heterocycles. The molecule has 19 heavy (non-hydrogen) atoms. The Morgan fingerprint density at radius 2 is 2.00 bits per heavy atom. The highest BCUT2D eigenvalue weighted by atomic mass is 35.5. The molecule has 0 saturated heterocycles. The van der Waals surface area contributed by atoms with Crippen LogP contribution in [0.1, 0.15) is 0 Å². The topological polar surface area (TPSA) is 61.0 Å². The first-order valence-corrected chi connectivity index (χ1v) is 5.92. The minimum atomic E-state index is -0.424. The Bertz CT molecular complexity index is 782. The molecule has 0 unspecified atom stereocenters. The fraction of sp³-hybridized carbons (Fsp3) is 0. The van der Waals surface area contributed by atoms with Gasteiger partial charge in [0, 0.05) is 17.5 Å². The van der Waals surface area contributed by atoms with Crippen molar-refractivity contribution in [1.29, 1.82) is 0 Å². The highest BCUT2D eigenvalue weighted by molar-refractivity contribution is 6.32. The number of hydrogen-bond acceptors (Lipinski definition) is 3. The molecule has 0 saturated carbocycles. The number of aromatic nitrogens is 2. The van der Waals surface area contributed by atoms with Crippen molar-refractivity contribution in [3.8, 4) is 5.69 Å². The van der Waals surface area contributed by atoms with Gasteiger partial charge in [0.2, 0.25) is 0 Å². The zero-order valence-electron chi connectivity index (χ0n) is 9.65. The van der Waals surface area contributed by atoms with Gasteiger partial charge in [-0.3, -0.25) is 10.1 Å². The first kappa shape index (κ1) is 11.7. The standard InChI is InChI=1S/C13H8ClN3O2/c14-11-3-1-2-4-13(11)16-12-6-5-10(17(18)19)7-9(12)8-15-16/h1-8H. The summed E-state index contributed by atoms with van der Waals surface area (Å²) < 4.78 is 1.67. The molecule has 0 N–H and O–H groups in total. The summed E-state index contributed by atoms with van der Waals surface area (Å²) in [6, 6.07) is 11.9. The van der Waals surface area contributed by atoms with Crippen molar-refractivity contribution in [3.05, 3.63) is 63.8 Å². The summed E-state index contributed by atoms with van der Waals surface area (Å²) in [5.41, 5.74) is 1.57. The van der Waals surface area contributed by atoms with Crippen molar-refractivity contribution in [2.45, 2.75) is 0 Å². The number of nitrogens with zero attached hydrogens (tertiary/aromatic N) is 3. The Labute approximate surface area is 113 Å². The van der Waals surface area contributed by atoms with Gasteiger partial charge < -0.3 is 0 Å². The number of nitro benzene ring substituents is 1. The number of halogens is 1. The fourth-order valence-corrected chi connectivity index (χ4v) is 2.17. The number of fused-ring (bicyclic) bond motifs is 1. The van der Waals surface area contributed by atoms with E-state index in [4.69, 9.17) is 11.6 Å². The van der Waals surface area contributed by atoms with Crippen LogP contribution in [0.25, 0.3) is 16.6 Å². The second kappa shape index (κ2) is 4.37. The minimum Gasteiger partial charge on any atom is -0.258 e. The second-order valence-electron chi connectivity index (χ2n) is 4.01. The Kier molecular flexibility index (Phi) is 2.68. The van der Waals surface area contributed by atoms with Crippen molar-refractivity contribution < 1.29 is 4.92 Å². The summed E-state index contributed by atoms with van der Waals surface area (Å²) in [5, 5.41) is 16.2. The molecule has 3 aromatic rings. The third kappa shape index (κ3) is 1.94. The molecule has 0 radical (unpaired) electrons. The van der Waals surface area contributed by atoms with Gasteiger partial charge in [-0.15, -0.1) is 0 Å². The summed E-state index contributed by atoms with van der Waals surface area (Å²) in [7, 11) is 0. The lowest BCUT2D eigenvalue weighted by atomic mass is 10.2. The van der Waals surface area contributed by atoms with Crippen LogP contribution < -0.4 is 0 Å². The van der Waals surface area contributed by atoms with Gasteiger partial charge in [0.15, 0.2) is 0 Å². The highest BCUT2D eigenvalue weighted by Gasteiger charge is 2.11. The van der Waals surface area contributed by atoms with E-state index < -0.39 is 4.92 Å². The number of benzene rings is 2. The molecule has 1 heterocycles. The molecule has 6 heteroatoms. The monoisotopic (exact) mass is 273 g/mol. The largest absolute Gasteiger partial charge is 0.270 e.